The zero-order chi connectivity index (χ0) is 14.4. The first-order valence-electron chi connectivity index (χ1n) is 6.00. The molecule has 6 nitrogen and oxygen atoms in total. The number of aliphatic hydroxyl groups is 1. The number of hydrogen-bond acceptors (Lipinski definition) is 5. The lowest BCUT2D eigenvalue weighted by Crippen LogP contribution is -2.26. The maximum absolute atomic E-state index is 10.7. The van der Waals surface area contributed by atoms with Crippen LogP contribution < -0.4 is 5.32 Å². The third-order valence-electron chi connectivity index (χ3n) is 2.65. The first-order valence-corrected chi connectivity index (χ1v) is 6.38. The number of aromatic hydroxyl groups is 1. The van der Waals surface area contributed by atoms with E-state index in [4.69, 9.17) is 11.6 Å². The molecule has 3 N–H and O–H groups in total. The number of nitro groups is 1. The van der Waals surface area contributed by atoms with Crippen LogP contribution in [0.25, 0.3) is 0 Å². The van der Waals surface area contributed by atoms with Gasteiger partial charge in [-0.1, -0.05) is 24.9 Å². The van der Waals surface area contributed by atoms with E-state index in [-0.39, 0.29) is 11.6 Å². The summed E-state index contributed by atoms with van der Waals surface area (Å²) in [6.45, 7) is 2.52. The summed E-state index contributed by atoms with van der Waals surface area (Å²) in [4.78, 5) is 10.0. The number of aliphatic hydroxyl groups excluding tert-OH is 1. The second-order valence-corrected chi connectivity index (χ2v) is 4.70. The van der Waals surface area contributed by atoms with Gasteiger partial charge in [0.25, 0.3) is 0 Å². The predicted molar refractivity (Wildman–Crippen MR) is 72.4 cm³/mol. The van der Waals surface area contributed by atoms with Crippen molar-refractivity contribution in [3.05, 3.63) is 32.8 Å². The van der Waals surface area contributed by atoms with E-state index in [1.54, 1.807) is 0 Å². The normalized spacial score (nSPS) is 12.4. The van der Waals surface area contributed by atoms with Crippen LogP contribution in [0.2, 0.25) is 5.02 Å². The van der Waals surface area contributed by atoms with E-state index in [1.807, 2.05) is 6.92 Å². The van der Waals surface area contributed by atoms with E-state index in [2.05, 4.69) is 5.32 Å². The molecule has 0 bridgehead atoms. The molecule has 0 saturated carbocycles. The fourth-order valence-electron chi connectivity index (χ4n) is 1.72. The molecule has 0 aliphatic carbocycles. The minimum atomic E-state index is -0.684. The fourth-order valence-corrected chi connectivity index (χ4v) is 1.96. The van der Waals surface area contributed by atoms with Gasteiger partial charge >= 0.3 is 5.69 Å². The van der Waals surface area contributed by atoms with Crippen LogP contribution in [0.4, 0.5) is 5.69 Å². The van der Waals surface area contributed by atoms with Crippen molar-refractivity contribution in [1.82, 2.24) is 5.32 Å². The molecule has 0 aromatic heterocycles. The van der Waals surface area contributed by atoms with Crippen molar-refractivity contribution in [2.75, 3.05) is 6.54 Å². The molecule has 1 atom stereocenters. The molecule has 0 heterocycles. The quantitative estimate of drug-likeness (QED) is 0.528. The summed E-state index contributed by atoms with van der Waals surface area (Å²) in [5.41, 5.74) is -0.0821. The van der Waals surface area contributed by atoms with Gasteiger partial charge in [0.2, 0.25) is 0 Å². The highest BCUT2D eigenvalue weighted by Crippen LogP contribution is 2.33. The number of benzene rings is 1. The predicted octanol–water partition coefficient (Wildman–Crippen LogP) is 2.20. The minimum Gasteiger partial charge on any atom is -0.502 e. The first kappa shape index (κ1) is 15.7. The van der Waals surface area contributed by atoms with Crippen molar-refractivity contribution >= 4 is 17.3 Å². The van der Waals surface area contributed by atoms with Crippen molar-refractivity contribution in [2.45, 2.75) is 32.4 Å². The molecular formula is C12H17ClN2O4. The van der Waals surface area contributed by atoms with Crippen molar-refractivity contribution in [3.8, 4) is 5.75 Å². The molecule has 0 aliphatic rings. The van der Waals surface area contributed by atoms with Crippen LogP contribution in [0.3, 0.4) is 0 Å². The van der Waals surface area contributed by atoms with Crippen LogP contribution in [0.5, 0.6) is 5.75 Å². The van der Waals surface area contributed by atoms with Gasteiger partial charge in [-0.3, -0.25) is 10.1 Å². The van der Waals surface area contributed by atoms with Gasteiger partial charge in [-0.2, -0.15) is 0 Å². The molecule has 0 aliphatic heterocycles. The summed E-state index contributed by atoms with van der Waals surface area (Å²) >= 11 is 5.76. The maximum atomic E-state index is 10.7. The Hall–Kier alpha value is -1.37. The third kappa shape index (κ3) is 4.66. The zero-order valence-electron chi connectivity index (χ0n) is 10.6. The van der Waals surface area contributed by atoms with Crippen LogP contribution in [-0.4, -0.2) is 27.8 Å². The topological polar surface area (TPSA) is 95.6 Å². The Balaban J connectivity index is 2.71. The minimum absolute atomic E-state index is 0.190. The van der Waals surface area contributed by atoms with Crippen molar-refractivity contribution in [3.63, 3.8) is 0 Å². The number of rotatable bonds is 7. The average Bonchev–Trinajstić information content (AvgIpc) is 2.33. The zero-order valence-corrected chi connectivity index (χ0v) is 11.4. The Morgan fingerprint density at radius 2 is 2.21 bits per heavy atom. The molecule has 1 rings (SSSR count). The SMILES string of the molecule is CCCC(O)CNCc1cc(Cl)cc([N+](=O)[O-])c1O. The first-order chi connectivity index (χ1) is 8.95. The van der Waals surface area contributed by atoms with Gasteiger partial charge in [0, 0.05) is 29.7 Å². The Bertz CT molecular complexity index is 454. The Kier molecular flexibility index (Phi) is 6.01. The smallest absolute Gasteiger partial charge is 0.312 e. The Morgan fingerprint density at radius 3 is 2.79 bits per heavy atom. The van der Waals surface area contributed by atoms with E-state index in [0.29, 0.717) is 18.5 Å². The highest BCUT2D eigenvalue weighted by Gasteiger charge is 2.18. The van der Waals surface area contributed by atoms with Crippen molar-refractivity contribution < 1.29 is 15.1 Å². The summed E-state index contributed by atoms with van der Waals surface area (Å²) < 4.78 is 0. The molecule has 7 heteroatoms. The average molecular weight is 289 g/mol. The number of hydrogen-bond donors (Lipinski definition) is 3. The molecule has 0 spiro atoms. The van der Waals surface area contributed by atoms with E-state index in [9.17, 15) is 20.3 Å². The summed E-state index contributed by atoms with van der Waals surface area (Å²) in [6.07, 6.45) is 1.08. The second kappa shape index (κ2) is 7.28. The van der Waals surface area contributed by atoms with E-state index >= 15 is 0 Å². The van der Waals surface area contributed by atoms with Gasteiger partial charge in [-0.15, -0.1) is 0 Å². The molecule has 1 aromatic carbocycles. The lowest BCUT2D eigenvalue weighted by Gasteiger charge is -2.11. The fraction of sp³-hybridized carbons (Fsp3) is 0.500. The van der Waals surface area contributed by atoms with Gasteiger partial charge in [0.15, 0.2) is 5.75 Å². The second-order valence-electron chi connectivity index (χ2n) is 4.26. The molecule has 1 unspecified atom stereocenters. The number of phenolic OH excluding ortho intramolecular Hbond substituents is 1. The van der Waals surface area contributed by atoms with E-state index in [0.717, 1.165) is 12.5 Å². The van der Waals surface area contributed by atoms with E-state index in [1.165, 1.54) is 6.07 Å². The molecule has 0 amide bonds. The molecule has 0 saturated heterocycles. The van der Waals surface area contributed by atoms with Gasteiger partial charge in [-0.25, -0.2) is 0 Å². The number of nitrogens with one attached hydrogen (secondary N) is 1. The molecule has 19 heavy (non-hydrogen) atoms. The van der Waals surface area contributed by atoms with Crippen LogP contribution in [0, 0.1) is 10.1 Å². The van der Waals surface area contributed by atoms with Crippen LogP contribution >= 0.6 is 11.6 Å². The lowest BCUT2D eigenvalue weighted by molar-refractivity contribution is -0.385. The third-order valence-corrected chi connectivity index (χ3v) is 2.87. The molecule has 0 fully saturated rings. The molecule has 0 radical (unpaired) electrons. The lowest BCUT2D eigenvalue weighted by atomic mass is 10.1. The van der Waals surface area contributed by atoms with E-state index < -0.39 is 22.5 Å². The summed E-state index contributed by atoms with van der Waals surface area (Å²) in [7, 11) is 0. The molecular weight excluding hydrogens is 272 g/mol. The number of phenols is 1. The molecule has 106 valence electrons. The maximum Gasteiger partial charge on any atom is 0.312 e. The molecule has 1 aromatic rings. The number of nitrogens with zero attached hydrogens (tertiary/aromatic N) is 1. The summed E-state index contributed by atoms with van der Waals surface area (Å²) in [5.74, 6) is -0.396. The largest absolute Gasteiger partial charge is 0.502 e. The van der Waals surface area contributed by atoms with Gasteiger partial charge in [0.05, 0.1) is 11.0 Å². The highest BCUT2D eigenvalue weighted by molar-refractivity contribution is 6.31. The van der Waals surface area contributed by atoms with Crippen LogP contribution in [0.15, 0.2) is 12.1 Å². The Labute approximate surface area is 116 Å². The Morgan fingerprint density at radius 1 is 1.53 bits per heavy atom. The monoisotopic (exact) mass is 288 g/mol. The number of nitro benzene ring substituents is 1. The van der Waals surface area contributed by atoms with Crippen molar-refractivity contribution in [1.29, 1.82) is 0 Å². The summed E-state index contributed by atoms with van der Waals surface area (Å²) in [6, 6.07) is 2.56. The van der Waals surface area contributed by atoms with Gasteiger partial charge < -0.3 is 15.5 Å². The van der Waals surface area contributed by atoms with Crippen molar-refractivity contribution in [2.24, 2.45) is 0 Å². The van der Waals surface area contributed by atoms with Gasteiger partial charge in [-0.05, 0) is 12.5 Å². The van der Waals surface area contributed by atoms with Crippen LogP contribution in [-0.2, 0) is 6.54 Å². The summed E-state index contributed by atoms with van der Waals surface area (Å²) in [5, 5.41) is 33.1. The highest BCUT2D eigenvalue weighted by atomic mass is 35.5. The number of halogens is 1. The van der Waals surface area contributed by atoms with Gasteiger partial charge in [0.1, 0.15) is 0 Å². The van der Waals surface area contributed by atoms with Crippen LogP contribution in [0.1, 0.15) is 25.3 Å². The standard InChI is InChI=1S/C12H17ClN2O4/c1-2-3-10(16)7-14-6-8-4-9(13)5-11(12(8)17)15(18)19/h4-5,10,14,16-17H,2-3,6-7H2,1H3.